The Kier molecular flexibility index (Phi) is 7.73. The maximum absolute atomic E-state index is 4.42. The predicted molar refractivity (Wildman–Crippen MR) is 69.6 cm³/mol. The zero-order chi connectivity index (χ0) is 12.6. The van der Waals surface area contributed by atoms with Crippen LogP contribution in [0.2, 0.25) is 0 Å². The van der Waals surface area contributed by atoms with Gasteiger partial charge in [-0.3, -0.25) is 0 Å². The molecule has 1 aromatic rings. The van der Waals surface area contributed by atoms with E-state index in [0.29, 0.717) is 0 Å². The molecule has 0 amide bonds. The van der Waals surface area contributed by atoms with Gasteiger partial charge in [-0.25, -0.2) is 9.97 Å². The smallest absolute Gasteiger partial charge is 0.125 e. The van der Waals surface area contributed by atoms with E-state index in [2.05, 4.69) is 22.2 Å². The Hall–Kier alpha value is -0.960. The second-order valence-corrected chi connectivity index (χ2v) is 3.21. The largest absolute Gasteiger partial charge is 0.312 e. The van der Waals surface area contributed by atoms with Crippen molar-refractivity contribution < 1.29 is 0 Å². The van der Waals surface area contributed by atoms with Crippen molar-refractivity contribution in [1.82, 2.24) is 15.3 Å². The molecular formula is C13H25N3. The number of fused-ring (bicyclic) bond motifs is 1. The molecule has 1 aromatic heterocycles. The van der Waals surface area contributed by atoms with Gasteiger partial charge in [0.05, 0.1) is 5.69 Å². The fraction of sp³-hybridized carbons (Fsp3) is 0.692. The highest BCUT2D eigenvalue weighted by Crippen LogP contribution is 2.13. The van der Waals surface area contributed by atoms with Crippen molar-refractivity contribution in [2.24, 2.45) is 0 Å². The van der Waals surface area contributed by atoms with Crippen molar-refractivity contribution in [3.05, 3.63) is 22.8 Å². The summed E-state index contributed by atoms with van der Waals surface area (Å²) in [5.74, 6) is 0.896. The second-order valence-electron chi connectivity index (χ2n) is 3.21. The van der Waals surface area contributed by atoms with Gasteiger partial charge in [0.1, 0.15) is 5.82 Å². The molecule has 16 heavy (non-hydrogen) atoms. The first-order chi connectivity index (χ1) is 7.77. The van der Waals surface area contributed by atoms with Crippen LogP contribution in [0.15, 0.2) is 0 Å². The van der Waals surface area contributed by atoms with Gasteiger partial charge in [-0.15, -0.1) is 0 Å². The van der Waals surface area contributed by atoms with Gasteiger partial charge in [-0.1, -0.05) is 27.7 Å². The molecule has 0 unspecified atom stereocenters. The van der Waals surface area contributed by atoms with Crippen LogP contribution in [0.25, 0.3) is 0 Å². The number of aromatic nitrogens is 2. The molecule has 0 saturated carbocycles. The van der Waals surface area contributed by atoms with Crippen LogP contribution < -0.4 is 5.32 Å². The van der Waals surface area contributed by atoms with Crippen LogP contribution >= 0.6 is 0 Å². The van der Waals surface area contributed by atoms with Crippen LogP contribution in [0.5, 0.6) is 0 Å². The van der Waals surface area contributed by atoms with Crippen molar-refractivity contribution in [2.45, 2.75) is 54.5 Å². The fourth-order valence-electron chi connectivity index (χ4n) is 1.66. The number of hydrogen-bond acceptors (Lipinski definition) is 3. The van der Waals surface area contributed by atoms with Crippen LogP contribution in [0, 0.1) is 13.8 Å². The third-order valence-electron chi connectivity index (χ3n) is 2.25. The maximum atomic E-state index is 4.42. The molecule has 1 aliphatic heterocycles. The van der Waals surface area contributed by atoms with E-state index in [1.807, 2.05) is 34.6 Å². The first kappa shape index (κ1) is 15.0. The number of nitrogens with one attached hydrogen (secondary N) is 1. The van der Waals surface area contributed by atoms with E-state index in [0.717, 1.165) is 31.0 Å². The molecule has 0 atom stereocenters. The zero-order valence-electron chi connectivity index (χ0n) is 11.5. The molecule has 0 radical (unpaired) electrons. The average Bonchev–Trinajstić information content (AvgIpc) is 2.34. The summed E-state index contributed by atoms with van der Waals surface area (Å²) in [5, 5.41) is 3.32. The summed E-state index contributed by atoms with van der Waals surface area (Å²) < 4.78 is 0. The molecule has 1 aliphatic rings. The lowest BCUT2D eigenvalue weighted by Crippen LogP contribution is -2.26. The average molecular weight is 223 g/mol. The normalized spacial score (nSPS) is 12.6. The van der Waals surface area contributed by atoms with Crippen molar-refractivity contribution >= 4 is 0 Å². The van der Waals surface area contributed by atoms with Gasteiger partial charge in [0, 0.05) is 30.8 Å². The van der Waals surface area contributed by atoms with E-state index in [-0.39, 0.29) is 0 Å². The van der Waals surface area contributed by atoms with Crippen molar-refractivity contribution in [1.29, 1.82) is 0 Å². The van der Waals surface area contributed by atoms with Crippen LogP contribution in [0.1, 0.15) is 50.5 Å². The van der Waals surface area contributed by atoms with Gasteiger partial charge in [0.25, 0.3) is 0 Å². The van der Waals surface area contributed by atoms with Gasteiger partial charge in [-0.05, 0) is 13.8 Å². The second kappa shape index (κ2) is 8.22. The first-order valence-electron chi connectivity index (χ1n) is 6.31. The fourth-order valence-corrected chi connectivity index (χ4v) is 1.66. The number of rotatable bonds is 0. The summed E-state index contributed by atoms with van der Waals surface area (Å²) in [4.78, 5) is 8.76. The Morgan fingerprint density at radius 3 is 2.25 bits per heavy atom. The number of nitrogens with zero attached hydrogens (tertiary/aromatic N) is 2. The van der Waals surface area contributed by atoms with Crippen LogP contribution in [-0.4, -0.2) is 16.5 Å². The molecule has 92 valence electrons. The first-order valence-corrected chi connectivity index (χ1v) is 6.31. The standard InChI is InChI=1S/C9H13N3.2C2H6/c1-6-8-5-10-4-3-9(8)12-7(2)11-6;2*1-2/h10H,3-5H2,1-2H3;2*1-2H3. The molecule has 0 bridgehead atoms. The lowest BCUT2D eigenvalue weighted by molar-refractivity contribution is 0.617. The molecule has 1 N–H and O–H groups in total. The highest BCUT2D eigenvalue weighted by Gasteiger charge is 2.13. The van der Waals surface area contributed by atoms with E-state index in [1.54, 1.807) is 0 Å². The Morgan fingerprint density at radius 1 is 1.00 bits per heavy atom. The van der Waals surface area contributed by atoms with E-state index >= 15 is 0 Å². The minimum Gasteiger partial charge on any atom is -0.312 e. The summed E-state index contributed by atoms with van der Waals surface area (Å²) >= 11 is 0. The van der Waals surface area contributed by atoms with Gasteiger partial charge in [0.2, 0.25) is 0 Å². The van der Waals surface area contributed by atoms with E-state index < -0.39 is 0 Å². The number of aryl methyl sites for hydroxylation is 2. The van der Waals surface area contributed by atoms with E-state index in [9.17, 15) is 0 Å². The van der Waals surface area contributed by atoms with Gasteiger partial charge in [-0.2, -0.15) is 0 Å². The quantitative estimate of drug-likeness (QED) is 0.735. The SMILES string of the molecule is CC.CC.Cc1nc(C)c2c(n1)CCNC2. The summed E-state index contributed by atoms with van der Waals surface area (Å²) in [6.45, 7) is 14.0. The Balaban J connectivity index is 0.000000509. The number of hydrogen-bond donors (Lipinski definition) is 1. The molecule has 3 nitrogen and oxygen atoms in total. The molecule has 0 spiro atoms. The van der Waals surface area contributed by atoms with Crippen molar-refractivity contribution in [2.75, 3.05) is 6.54 Å². The summed E-state index contributed by atoms with van der Waals surface area (Å²) in [5.41, 5.74) is 3.66. The van der Waals surface area contributed by atoms with Crippen LogP contribution in [0.3, 0.4) is 0 Å². The highest BCUT2D eigenvalue weighted by atomic mass is 14.9. The molecular weight excluding hydrogens is 198 g/mol. The molecule has 0 fully saturated rings. The molecule has 0 saturated heterocycles. The van der Waals surface area contributed by atoms with Gasteiger partial charge >= 0.3 is 0 Å². The molecule has 0 aliphatic carbocycles. The summed E-state index contributed by atoms with van der Waals surface area (Å²) in [7, 11) is 0. The van der Waals surface area contributed by atoms with Gasteiger partial charge < -0.3 is 5.32 Å². The zero-order valence-corrected chi connectivity index (χ0v) is 11.5. The van der Waals surface area contributed by atoms with Crippen molar-refractivity contribution in [3.63, 3.8) is 0 Å². The molecule has 3 heteroatoms. The Bertz CT molecular complexity index is 308. The summed E-state index contributed by atoms with van der Waals surface area (Å²) in [6, 6.07) is 0. The molecule has 2 rings (SSSR count). The monoisotopic (exact) mass is 223 g/mol. The highest BCUT2D eigenvalue weighted by molar-refractivity contribution is 5.26. The minimum absolute atomic E-state index is 0.896. The van der Waals surface area contributed by atoms with E-state index in [1.165, 1.54) is 11.3 Å². The van der Waals surface area contributed by atoms with Crippen LogP contribution in [-0.2, 0) is 13.0 Å². The lowest BCUT2D eigenvalue weighted by atomic mass is 10.1. The lowest BCUT2D eigenvalue weighted by Gasteiger charge is -2.17. The summed E-state index contributed by atoms with van der Waals surface area (Å²) in [6.07, 6.45) is 1.04. The van der Waals surface area contributed by atoms with Gasteiger partial charge in [0.15, 0.2) is 0 Å². The Labute approximate surface area is 99.7 Å². The predicted octanol–water partition coefficient (Wildman–Crippen LogP) is 2.79. The van der Waals surface area contributed by atoms with Crippen LogP contribution in [0.4, 0.5) is 0 Å². The maximum Gasteiger partial charge on any atom is 0.125 e. The van der Waals surface area contributed by atoms with E-state index in [4.69, 9.17) is 0 Å². The Morgan fingerprint density at radius 2 is 1.62 bits per heavy atom. The third kappa shape index (κ3) is 3.89. The molecule has 2 heterocycles. The topological polar surface area (TPSA) is 37.8 Å². The third-order valence-corrected chi connectivity index (χ3v) is 2.25. The minimum atomic E-state index is 0.896. The molecule has 0 aromatic carbocycles. The van der Waals surface area contributed by atoms with Crippen molar-refractivity contribution in [3.8, 4) is 0 Å².